The van der Waals surface area contributed by atoms with Crippen LogP contribution < -0.4 is 5.32 Å². The Morgan fingerprint density at radius 2 is 1.60 bits per heavy atom. The van der Waals surface area contributed by atoms with E-state index in [2.05, 4.69) is 5.32 Å². The molecule has 2 atom stereocenters. The van der Waals surface area contributed by atoms with Crippen LogP contribution in [0, 0.1) is 11.8 Å². The first-order valence-electron chi connectivity index (χ1n) is 11.2. The Balaban J connectivity index is 1.40. The fourth-order valence-electron chi connectivity index (χ4n) is 4.64. The van der Waals surface area contributed by atoms with Crippen LogP contribution in [-0.2, 0) is 14.3 Å². The van der Waals surface area contributed by atoms with Crippen LogP contribution in [0.5, 0.6) is 0 Å². The molecule has 0 aromatic heterocycles. The summed E-state index contributed by atoms with van der Waals surface area (Å²) in [4.78, 5) is 37.4. The van der Waals surface area contributed by atoms with Gasteiger partial charge in [-0.3, -0.25) is 9.59 Å². The molecule has 2 aromatic rings. The Kier molecular flexibility index (Phi) is 6.73. The van der Waals surface area contributed by atoms with Crippen molar-refractivity contribution in [1.82, 2.24) is 10.2 Å². The maximum Gasteiger partial charge on any atom is 0.407 e. The molecule has 1 fully saturated rings. The molecule has 0 bridgehead atoms. The molecule has 2 aliphatic rings. The number of nitrogens with one attached hydrogen (secondary N) is 1. The number of alkyl carbamates (subject to hydrolysis) is 1. The van der Waals surface area contributed by atoms with Crippen LogP contribution in [0.15, 0.2) is 48.5 Å². The second-order valence-corrected chi connectivity index (χ2v) is 8.97. The van der Waals surface area contributed by atoms with Gasteiger partial charge in [0.15, 0.2) is 0 Å². The monoisotopic (exact) mass is 490 g/mol. The van der Waals surface area contributed by atoms with Gasteiger partial charge in [-0.1, -0.05) is 55.5 Å². The number of hydrogen-bond donors (Lipinski definition) is 2. The Hall–Kier alpha value is -3.56. The SMILES string of the molecule is CC(C(=O)O)C1CN(C(=O)C(CC(F)(F)F)NC(=O)OCC2c3ccccc3-c3ccccc32)C1. The fourth-order valence-corrected chi connectivity index (χ4v) is 4.64. The van der Waals surface area contributed by atoms with Gasteiger partial charge < -0.3 is 20.1 Å². The molecular formula is C25H25F3N2O5. The quantitative estimate of drug-likeness (QED) is 0.611. The highest BCUT2D eigenvalue weighted by molar-refractivity contribution is 5.86. The number of benzene rings is 2. The number of nitrogens with zero attached hydrogens (tertiary/aromatic N) is 1. The highest BCUT2D eigenvalue weighted by Gasteiger charge is 2.43. The molecule has 0 saturated carbocycles. The zero-order valence-electron chi connectivity index (χ0n) is 18.9. The lowest BCUT2D eigenvalue weighted by molar-refractivity contribution is -0.160. The van der Waals surface area contributed by atoms with Crippen molar-refractivity contribution in [3.63, 3.8) is 0 Å². The van der Waals surface area contributed by atoms with Gasteiger partial charge in [-0.05, 0) is 22.3 Å². The van der Waals surface area contributed by atoms with E-state index in [4.69, 9.17) is 9.84 Å². The highest BCUT2D eigenvalue weighted by atomic mass is 19.4. The molecule has 10 heteroatoms. The Morgan fingerprint density at radius 3 is 2.11 bits per heavy atom. The summed E-state index contributed by atoms with van der Waals surface area (Å²) in [5, 5.41) is 11.1. The number of halogens is 3. The van der Waals surface area contributed by atoms with Gasteiger partial charge in [0.05, 0.1) is 12.3 Å². The van der Waals surface area contributed by atoms with E-state index in [1.54, 1.807) is 0 Å². The highest BCUT2D eigenvalue weighted by Crippen LogP contribution is 2.44. The lowest BCUT2D eigenvalue weighted by Crippen LogP contribution is -2.59. The van der Waals surface area contributed by atoms with Gasteiger partial charge in [0, 0.05) is 24.9 Å². The zero-order chi connectivity index (χ0) is 25.3. The zero-order valence-corrected chi connectivity index (χ0v) is 18.9. The van der Waals surface area contributed by atoms with Crippen LogP contribution in [0.3, 0.4) is 0 Å². The predicted octanol–water partition coefficient (Wildman–Crippen LogP) is 4.03. The van der Waals surface area contributed by atoms with Crippen LogP contribution >= 0.6 is 0 Å². The second-order valence-electron chi connectivity index (χ2n) is 8.97. The molecule has 0 radical (unpaired) electrons. The maximum absolute atomic E-state index is 13.1. The molecule has 1 aliphatic carbocycles. The number of carbonyl (C=O) groups excluding carboxylic acids is 2. The molecule has 4 rings (SSSR count). The molecule has 35 heavy (non-hydrogen) atoms. The number of alkyl halides is 3. The number of likely N-dealkylation sites (tertiary alicyclic amines) is 1. The molecule has 2 aromatic carbocycles. The summed E-state index contributed by atoms with van der Waals surface area (Å²) < 4.78 is 44.7. The summed E-state index contributed by atoms with van der Waals surface area (Å²) in [5.41, 5.74) is 3.91. The lowest BCUT2D eigenvalue weighted by atomic mass is 9.86. The molecular weight excluding hydrogens is 465 g/mol. The summed E-state index contributed by atoms with van der Waals surface area (Å²) in [6, 6.07) is 13.4. The molecule has 2 N–H and O–H groups in total. The van der Waals surface area contributed by atoms with E-state index in [9.17, 15) is 27.6 Å². The Bertz CT molecular complexity index is 1080. The van der Waals surface area contributed by atoms with Crippen molar-refractivity contribution in [1.29, 1.82) is 0 Å². The third-order valence-corrected chi connectivity index (χ3v) is 6.69. The smallest absolute Gasteiger partial charge is 0.407 e. The summed E-state index contributed by atoms with van der Waals surface area (Å²) in [7, 11) is 0. The molecule has 186 valence electrons. The van der Waals surface area contributed by atoms with Crippen LogP contribution in [0.25, 0.3) is 11.1 Å². The van der Waals surface area contributed by atoms with E-state index in [-0.39, 0.29) is 31.5 Å². The first-order valence-corrected chi connectivity index (χ1v) is 11.2. The van der Waals surface area contributed by atoms with E-state index in [1.165, 1.54) is 6.92 Å². The van der Waals surface area contributed by atoms with E-state index in [0.717, 1.165) is 27.2 Å². The number of fused-ring (bicyclic) bond motifs is 3. The third-order valence-electron chi connectivity index (χ3n) is 6.69. The number of aliphatic carboxylic acids is 1. The number of carbonyl (C=O) groups is 3. The van der Waals surface area contributed by atoms with Crippen LogP contribution in [0.4, 0.5) is 18.0 Å². The molecule has 2 amide bonds. The number of rotatable bonds is 7. The summed E-state index contributed by atoms with van der Waals surface area (Å²) in [6.07, 6.45) is -7.37. The van der Waals surface area contributed by atoms with Crippen molar-refractivity contribution in [2.75, 3.05) is 19.7 Å². The normalized spacial score (nSPS) is 17.1. The van der Waals surface area contributed by atoms with Crippen molar-refractivity contribution in [3.8, 4) is 11.1 Å². The van der Waals surface area contributed by atoms with Gasteiger partial charge in [-0.2, -0.15) is 13.2 Å². The average Bonchev–Trinajstić information content (AvgIpc) is 3.09. The number of amides is 2. The topological polar surface area (TPSA) is 95.9 Å². The molecule has 7 nitrogen and oxygen atoms in total. The molecule has 0 spiro atoms. The number of carboxylic acids is 1. The number of hydrogen-bond acceptors (Lipinski definition) is 4. The van der Waals surface area contributed by atoms with Gasteiger partial charge in [0.1, 0.15) is 12.6 Å². The van der Waals surface area contributed by atoms with Gasteiger partial charge in [-0.25, -0.2) is 4.79 Å². The largest absolute Gasteiger partial charge is 0.481 e. The van der Waals surface area contributed by atoms with Gasteiger partial charge >= 0.3 is 18.2 Å². The van der Waals surface area contributed by atoms with E-state index < -0.39 is 42.5 Å². The first-order chi connectivity index (χ1) is 16.5. The molecule has 2 unspecified atom stereocenters. The van der Waals surface area contributed by atoms with Crippen molar-refractivity contribution in [3.05, 3.63) is 59.7 Å². The van der Waals surface area contributed by atoms with Crippen LogP contribution in [-0.4, -0.2) is 59.9 Å². The minimum atomic E-state index is -4.70. The number of ether oxygens (including phenoxy) is 1. The summed E-state index contributed by atoms with van der Waals surface area (Å²) >= 11 is 0. The summed E-state index contributed by atoms with van der Waals surface area (Å²) in [5.74, 6) is -3.30. The maximum atomic E-state index is 13.1. The van der Waals surface area contributed by atoms with E-state index >= 15 is 0 Å². The summed E-state index contributed by atoms with van der Waals surface area (Å²) in [6.45, 7) is 1.42. The Morgan fingerprint density at radius 1 is 1.06 bits per heavy atom. The van der Waals surface area contributed by atoms with Crippen LogP contribution in [0.1, 0.15) is 30.4 Å². The molecule has 1 saturated heterocycles. The van der Waals surface area contributed by atoms with E-state index in [1.807, 2.05) is 48.5 Å². The average molecular weight is 490 g/mol. The minimum absolute atomic E-state index is 0.0209. The molecule has 1 aliphatic heterocycles. The second kappa shape index (κ2) is 9.59. The van der Waals surface area contributed by atoms with Crippen molar-refractivity contribution in [2.24, 2.45) is 11.8 Å². The standard InChI is InChI=1S/C25H25F3N2O5/c1-14(23(32)33)15-11-30(12-15)22(31)21(10-25(26,27)28)29-24(34)35-13-20-18-8-4-2-6-16(18)17-7-3-5-9-19(17)20/h2-9,14-15,20-21H,10-13H2,1H3,(H,29,34)(H,32,33). The molecule has 1 heterocycles. The van der Waals surface area contributed by atoms with Gasteiger partial charge in [0.2, 0.25) is 5.91 Å². The lowest BCUT2D eigenvalue weighted by Gasteiger charge is -2.42. The Labute approximate surface area is 199 Å². The predicted molar refractivity (Wildman–Crippen MR) is 120 cm³/mol. The van der Waals surface area contributed by atoms with Gasteiger partial charge in [-0.15, -0.1) is 0 Å². The third kappa shape index (κ3) is 5.26. The van der Waals surface area contributed by atoms with Crippen molar-refractivity contribution >= 4 is 18.0 Å². The fraction of sp³-hybridized carbons (Fsp3) is 0.400. The van der Waals surface area contributed by atoms with E-state index in [0.29, 0.717) is 0 Å². The first kappa shape index (κ1) is 24.6. The van der Waals surface area contributed by atoms with Crippen LogP contribution in [0.2, 0.25) is 0 Å². The number of carboxylic acid groups (broad SMARTS) is 1. The van der Waals surface area contributed by atoms with Crippen molar-refractivity contribution in [2.45, 2.75) is 31.5 Å². The van der Waals surface area contributed by atoms with Crippen molar-refractivity contribution < 1.29 is 37.4 Å². The minimum Gasteiger partial charge on any atom is -0.481 e. The van der Waals surface area contributed by atoms with Gasteiger partial charge in [0.25, 0.3) is 0 Å².